The Morgan fingerprint density at radius 1 is 1.03 bits per heavy atom. The number of nitrogens with two attached hydrogens (primary N) is 1. The van der Waals surface area contributed by atoms with Crippen molar-refractivity contribution in [3.8, 4) is 11.4 Å². The van der Waals surface area contributed by atoms with Crippen molar-refractivity contribution < 1.29 is 26.7 Å². The zero-order valence-corrected chi connectivity index (χ0v) is 15.9. The maximum atomic E-state index is 12.9. The van der Waals surface area contributed by atoms with Crippen LogP contribution in [0.1, 0.15) is 25.3 Å². The van der Waals surface area contributed by atoms with E-state index in [-0.39, 0.29) is 34.4 Å². The van der Waals surface area contributed by atoms with Gasteiger partial charge >= 0.3 is 6.18 Å². The third kappa shape index (κ3) is 3.98. The van der Waals surface area contributed by atoms with E-state index in [2.05, 4.69) is 20.2 Å². The number of amidine groups is 1. The molecule has 0 saturated carbocycles. The highest BCUT2D eigenvalue weighted by atomic mass is 32.2. The highest BCUT2D eigenvalue weighted by molar-refractivity contribution is 8.06. The van der Waals surface area contributed by atoms with E-state index in [9.17, 15) is 26.7 Å². The maximum absolute atomic E-state index is 12.9. The van der Waals surface area contributed by atoms with Gasteiger partial charge in [0.1, 0.15) is 5.84 Å². The molecule has 3 N–H and O–H groups in total. The molecule has 3 rings (SSSR count). The molecule has 1 aliphatic rings. The maximum Gasteiger partial charge on any atom is 0.421 e. The monoisotopic (exact) mass is 427 g/mol. The third-order valence-corrected chi connectivity index (χ3v) is 6.18. The molecule has 1 atom stereocenters. The van der Waals surface area contributed by atoms with Crippen LogP contribution < -0.4 is 5.73 Å². The van der Waals surface area contributed by atoms with Crippen molar-refractivity contribution in [1.29, 1.82) is 0 Å². The first-order valence-electron chi connectivity index (χ1n) is 8.29. The molecule has 1 unspecified atom stereocenters. The smallest absolute Gasteiger partial charge is 0.386 e. The van der Waals surface area contributed by atoms with Crippen LogP contribution in [0.2, 0.25) is 0 Å². The highest BCUT2D eigenvalue weighted by Crippen LogP contribution is 2.38. The number of hydrogen-bond donors (Lipinski definition) is 2. The first kappa shape index (κ1) is 20.9. The van der Waals surface area contributed by atoms with E-state index in [4.69, 9.17) is 5.73 Å². The van der Waals surface area contributed by atoms with Crippen LogP contribution in [-0.4, -0.2) is 40.5 Å². The van der Waals surface area contributed by atoms with Crippen molar-refractivity contribution in [2.45, 2.75) is 36.4 Å². The molecular weight excluding hydrogens is 411 g/mol. The summed E-state index contributed by atoms with van der Waals surface area (Å²) >= 11 is 0. The molecule has 0 saturated heterocycles. The second kappa shape index (κ2) is 7.19. The van der Waals surface area contributed by atoms with Gasteiger partial charge in [0.2, 0.25) is 9.84 Å². The van der Waals surface area contributed by atoms with E-state index >= 15 is 0 Å². The lowest BCUT2D eigenvalue weighted by Crippen LogP contribution is -2.39. The van der Waals surface area contributed by atoms with E-state index in [0.29, 0.717) is 12.5 Å². The Balaban J connectivity index is 1.86. The Bertz CT molecular complexity index is 1080. The summed E-state index contributed by atoms with van der Waals surface area (Å²) in [6.07, 6.45) is -2.70. The molecule has 8 nitrogen and oxygen atoms in total. The van der Waals surface area contributed by atoms with Crippen molar-refractivity contribution >= 4 is 20.7 Å². The summed E-state index contributed by atoms with van der Waals surface area (Å²) in [5.74, 6) is 0.326. The molecular formula is C17H16F3N5O3S. The first-order chi connectivity index (χ1) is 13.4. The molecule has 0 fully saturated rings. The summed E-state index contributed by atoms with van der Waals surface area (Å²) in [6.45, 7) is 0.608. The summed E-state index contributed by atoms with van der Waals surface area (Å²) in [4.78, 5) is 7.66. The average Bonchev–Trinajstić information content (AvgIpc) is 2.68. The molecule has 0 bridgehead atoms. The molecule has 0 radical (unpaired) electrons. The zero-order chi connectivity index (χ0) is 21.4. The van der Waals surface area contributed by atoms with Gasteiger partial charge in [0.25, 0.3) is 0 Å². The molecule has 29 heavy (non-hydrogen) atoms. The van der Waals surface area contributed by atoms with Gasteiger partial charge in [-0.25, -0.2) is 18.4 Å². The number of benzene rings is 1. The summed E-state index contributed by atoms with van der Waals surface area (Å²) in [6, 6.07) is 5.48. The molecule has 0 aliphatic carbocycles. The van der Waals surface area contributed by atoms with Crippen molar-refractivity contribution in [3.05, 3.63) is 42.2 Å². The number of alkyl halides is 3. The lowest BCUT2D eigenvalue weighted by molar-refractivity contribution is -0.259. The Hall–Kier alpha value is -2.86. The molecule has 0 spiro atoms. The summed E-state index contributed by atoms with van der Waals surface area (Å²) in [5, 5.41) is 16.8. The minimum Gasteiger partial charge on any atom is -0.386 e. The van der Waals surface area contributed by atoms with Gasteiger partial charge in [0, 0.05) is 36.4 Å². The Morgan fingerprint density at radius 3 is 2.10 bits per heavy atom. The SMILES string of the molecule is CC(O)(c1cnc(-c2ccc(S(=O)(=O)C3=NN=C(N)CC3)cc2)nc1)C(F)(F)F. The average molecular weight is 427 g/mol. The van der Waals surface area contributed by atoms with Crippen LogP contribution in [0.4, 0.5) is 13.2 Å². The topological polar surface area (TPSA) is 131 Å². The lowest BCUT2D eigenvalue weighted by atomic mass is 9.98. The quantitative estimate of drug-likeness (QED) is 0.772. The molecule has 1 aliphatic heterocycles. The predicted octanol–water partition coefficient (Wildman–Crippen LogP) is 2.15. The Labute approximate surface area is 163 Å². The molecule has 1 aromatic heterocycles. The van der Waals surface area contributed by atoms with Gasteiger partial charge in [0.15, 0.2) is 16.5 Å². The highest BCUT2D eigenvalue weighted by Gasteiger charge is 2.51. The molecule has 1 aromatic carbocycles. The molecule has 12 heteroatoms. The van der Waals surface area contributed by atoms with Crippen LogP contribution in [0, 0.1) is 0 Å². The standard InChI is InChI=1S/C17H16F3N5O3S/c1-16(26,17(18,19)20)11-8-22-15(23-9-11)10-2-4-12(5-3-10)29(27,28)14-7-6-13(21)24-25-14/h2-5,8-9,26H,6-7H2,1H3,(H2,21,24). The van der Waals surface area contributed by atoms with Gasteiger partial charge in [0.05, 0.1) is 4.90 Å². The number of nitrogens with zero attached hydrogens (tertiary/aromatic N) is 4. The van der Waals surface area contributed by atoms with E-state index in [0.717, 1.165) is 12.4 Å². The number of halogens is 3. The first-order valence-corrected chi connectivity index (χ1v) is 9.77. The van der Waals surface area contributed by atoms with Gasteiger partial charge < -0.3 is 10.8 Å². The Kier molecular flexibility index (Phi) is 5.17. The summed E-state index contributed by atoms with van der Waals surface area (Å²) in [5.41, 5.74) is 2.27. The number of hydrogen-bond acceptors (Lipinski definition) is 8. The number of aromatic nitrogens is 2. The summed E-state index contributed by atoms with van der Waals surface area (Å²) < 4.78 is 63.8. The zero-order valence-electron chi connectivity index (χ0n) is 15.1. The minimum absolute atomic E-state index is 0.0210. The van der Waals surface area contributed by atoms with E-state index in [1.807, 2.05) is 0 Å². The van der Waals surface area contributed by atoms with Gasteiger partial charge in [-0.15, -0.1) is 10.2 Å². The van der Waals surface area contributed by atoms with Crippen molar-refractivity contribution in [2.24, 2.45) is 15.9 Å². The number of sulfone groups is 1. The largest absolute Gasteiger partial charge is 0.421 e. The normalized spacial score (nSPS) is 17.3. The van der Waals surface area contributed by atoms with Crippen LogP contribution in [0.3, 0.4) is 0 Å². The fourth-order valence-corrected chi connectivity index (χ4v) is 3.74. The van der Waals surface area contributed by atoms with E-state index in [1.54, 1.807) is 0 Å². The second-order valence-corrected chi connectivity index (χ2v) is 8.43. The fourth-order valence-electron chi connectivity index (χ4n) is 2.45. The van der Waals surface area contributed by atoms with Crippen molar-refractivity contribution in [2.75, 3.05) is 0 Å². The summed E-state index contributed by atoms with van der Waals surface area (Å²) in [7, 11) is -3.84. The van der Waals surface area contributed by atoms with Crippen molar-refractivity contribution in [1.82, 2.24) is 9.97 Å². The van der Waals surface area contributed by atoms with Crippen LogP contribution in [0.5, 0.6) is 0 Å². The molecule has 2 aromatic rings. The number of aliphatic hydroxyl groups is 1. The van der Waals surface area contributed by atoms with Crippen LogP contribution in [-0.2, 0) is 15.4 Å². The van der Waals surface area contributed by atoms with Gasteiger partial charge in [-0.2, -0.15) is 13.2 Å². The Morgan fingerprint density at radius 2 is 1.62 bits per heavy atom. The molecule has 0 amide bonds. The van der Waals surface area contributed by atoms with E-state index in [1.165, 1.54) is 24.3 Å². The minimum atomic E-state index is -4.88. The van der Waals surface area contributed by atoms with E-state index < -0.39 is 27.2 Å². The third-order valence-electron chi connectivity index (χ3n) is 4.38. The van der Waals surface area contributed by atoms with Gasteiger partial charge in [-0.1, -0.05) is 0 Å². The van der Waals surface area contributed by atoms with Gasteiger partial charge in [-0.05, 0) is 31.2 Å². The number of rotatable bonds is 3. The van der Waals surface area contributed by atoms with Crippen LogP contribution in [0.25, 0.3) is 11.4 Å². The van der Waals surface area contributed by atoms with Crippen LogP contribution in [0.15, 0.2) is 51.8 Å². The van der Waals surface area contributed by atoms with Gasteiger partial charge in [-0.3, -0.25) is 0 Å². The fraction of sp³-hybridized carbons (Fsp3) is 0.294. The molecule has 154 valence electrons. The van der Waals surface area contributed by atoms with Crippen LogP contribution >= 0.6 is 0 Å². The predicted molar refractivity (Wildman–Crippen MR) is 98.6 cm³/mol. The second-order valence-electron chi connectivity index (χ2n) is 6.48. The molecule has 2 heterocycles. The lowest BCUT2D eigenvalue weighted by Gasteiger charge is -2.25. The van der Waals surface area contributed by atoms with Crippen molar-refractivity contribution in [3.63, 3.8) is 0 Å².